The number of aliphatic hydroxyl groups excluding tert-OH is 1. The van der Waals surface area contributed by atoms with Gasteiger partial charge in [-0.1, -0.05) is 6.92 Å². The lowest BCUT2D eigenvalue weighted by molar-refractivity contribution is 0.0504. The lowest BCUT2D eigenvalue weighted by atomic mass is 9.83. The van der Waals surface area contributed by atoms with Crippen LogP contribution < -0.4 is 0 Å². The van der Waals surface area contributed by atoms with Crippen molar-refractivity contribution in [2.45, 2.75) is 57.8 Å². The molecular formula is C12H21NO3. The SMILES string of the molecule is CC1CCC(O)CC1N1CC(C)(C)OC1=O. The van der Waals surface area contributed by atoms with Gasteiger partial charge in [-0.2, -0.15) is 0 Å². The third-order valence-electron chi connectivity index (χ3n) is 3.68. The summed E-state index contributed by atoms with van der Waals surface area (Å²) in [5.74, 6) is 0.449. The number of carbonyl (C=O) groups excluding carboxylic acids is 1. The number of rotatable bonds is 1. The minimum atomic E-state index is -0.390. The summed E-state index contributed by atoms with van der Waals surface area (Å²) in [6, 6.07) is 0.137. The molecule has 16 heavy (non-hydrogen) atoms. The number of carbonyl (C=O) groups is 1. The Labute approximate surface area is 96.6 Å². The molecule has 4 heteroatoms. The molecular weight excluding hydrogens is 206 g/mol. The lowest BCUT2D eigenvalue weighted by Crippen LogP contribution is -2.46. The first-order chi connectivity index (χ1) is 7.39. The zero-order valence-electron chi connectivity index (χ0n) is 10.3. The summed E-state index contributed by atoms with van der Waals surface area (Å²) in [6.45, 7) is 6.63. The normalized spacial score (nSPS) is 38.6. The van der Waals surface area contributed by atoms with Crippen molar-refractivity contribution in [2.24, 2.45) is 5.92 Å². The van der Waals surface area contributed by atoms with Crippen molar-refractivity contribution in [1.29, 1.82) is 0 Å². The fourth-order valence-electron chi connectivity index (χ4n) is 2.77. The van der Waals surface area contributed by atoms with Crippen molar-refractivity contribution in [3.05, 3.63) is 0 Å². The van der Waals surface area contributed by atoms with E-state index in [0.29, 0.717) is 18.9 Å². The number of hydrogen-bond acceptors (Lipinski definition) is 3. The monoisotopic (exact) mass is 227 g/mol. The Morgan fingerprint density at radius 3 is 2.69 bits per heavy atom. The molecule has 1 heterocycles. The molecule has 2 aliphatic rings. The number of amides is 1. The summed E-state index contributed by atoms with van der Waals surface area (Å²) in [5, 5.41) is 9.70. The summed E-state index contributed by atoms with van der Waals surface area (Å²) >= 11 is 0. The van der Waals surface area contributed by atoms with Gasteiger partial charge in [-0.05, 0) is 39.0 Å². The fraction of sp³-hybridized carbons (Fsp3) is 0.917. The molecule has 1 saturated carbocycles. The van der Waals surface area contributed by atoms with Gasteiger partial charge < -0.3 is 14.7 Å². The van der Waals surface area contributed by atoms with E-state index in [-0.39, 0.29) is 23.8 Å². The number of hydrogen-bond donors (Lipinski definition) is 1. The number of aliphatic hydroxyl groups is 1. The summed E-state index contributed by atoms with van der Waals surface area (Å²) in [4.78, 5) is 13.6. The van der Waals surface area contributed by atoms with Gasteiger partial charge in [0.1, 0.15) is 5.60 Å². The minimum absolute atomic E-state index is 0.137. The summed E-state index contributed by atoms with van der Waals surface area (Å²) in [7, 11) is 0. The van der Waals surface area contributed by atoms with Crippen molar-refractivity contribution in [2.75, 3.05) is 6.54 Å². The van der Waals surface area contributed by atoms with Crippen LogP contribution in [0.3, 0.4) is 0 Å². The topological polar surface area (TPSA) is 49.8 Å². The molecule has 0 aromatic rings. The zero-order valence-corrected chi connectivity index (χ0v) is 10.3. The third-order valence-corrected chi connectivity index (χ3v) is 3.68. The van der Waals surface area contributed by atoms with Crippen LogP contribution in [0.5, 0.6) is 0 Å². The molecule has 0 radical (unpaired) electrons. The number of nitrogens with zero attached hydrogens (tertiary/aromatic N) is 1. The average molecular weight is 227 g/mol. The van der Waals surface area contributed by atoms with Crippen LogP contribution in [0, 0.1) is 5.92 Å². The van der Waals surface area contributed by atoms with Gasteiger partial charge in [-0.15, -0.1) is 0 Å². The highest BCUT2D eigenvalue weighted by atomic mass is 16.6. The number of ether oxygens (including phenoxy) is 1. The second-order valence-electron chi connectivity index (χ2n) is 5.77. The molecule has 3 unspecified atom stereocenters. The first kappa shape index (κ1) is 11.7. The quantitative estimate of drug-likeness (QED) is 0.742. The van der Waals surface area contributed by atoms with Crippen LogP contribution in [-0.4, -0.2) is 40.4 Å². The highest BCUT2D eigenvalue weighted by Gasteiger charge is 2.44. The predicted octanol–water partition coefficient (Wildman–Crippen LogP) is 1.77. The Kier molecular flexibility index (Phi) is 2.86. The molecule has 2 rings (SSSR count). The van der Waals surface area contributed by atoms with Crippen LogP contribution in [0.25, 0.3) is 0 Å². The highest BCUT2D eigenvalue weighted by Crippen LogP contribution is 2.33. The van der Waals surface area contributed by atoms with Crippen LogP contribution in [0.4, 0.5) is 4.79 Å². The van der Waals surface area contributed by atoms with Crippen LogP contribution in [0.1, 0.15) is 40.0 Å². The molecule has 1 saturated heterocycles. The van der Waals surface area contributed by atoms with Crippen molar-refractivity contribution < 1.29 is 14.6 Å². The van der Waals surface area contributed by atoms with Crippen molar-refractivity contribution in [3.8, 4) is 0 Å². The second-order valence-corrected chi connectivity index (χ2v) is 5.77. The maximum atomic E-state index is 11.8. The van der Waals surface area contributed by atoms with Crippen LogP contribution in [0.15, 0.2) is 0 Å². The van der Waals surface area contributed by atoms with Crippen molar-refractivity contribution in [1.82, 2.24) is 4.90 Å². The second kappa shape index (κ2) is 3.91. The van der Waals surface area contributed by atoms with E-state index in [0.717, 1.165) is 12.8 Å². The first-order valence-electron chi connectivity index (χ1n) is 6.07. The van der Waals surface area contributed by atoms with Gasteiger partial charge in [0.25, 0.3) is 0 Å². The number of cyclic esters (lactones) is 1. The summed E-state index contributed by atoms with van der Waals surface area (Å²) in [5.41, 5.74) is -0.390. The van der Waals surface area contributed by atoms with E-state index in [2.05, 4.69) is 6.92 Å². The fourth-order valence-corrected chi connectivity index (χ4v) is 2.77. The van der Waals surface area contributed by atoms with Gasteiger partial charge in [0.15, 0.2) is 0 Å². The summed E-state index contributed by atoms with van der Waals surface area (Å²) in [6.07, 6.45) is 2.03. The van der Waals surface area contributed by atoms with Gasteiger partial charge in [0, 0.05) is 6.04 Å². The zero-order chi connectivity index (χ0) is 11.9. The van der Waals surface area contributed by atoms with Gasteiger partial charge >= 0.3 is 6.09 Å². The van der Waals surface area contributed by atoms with Gasteiger partial charge in [-0.3, -0.25) is 0 Å². The van der Waals surface area contributed by atoms with Crippen molar-refractivity contribution in [3.63, 3.8) is 0 Å². The van der Waals surface area contributed by atoms with Crippen LogP contribution in [0.2, 0.25) is 0 Å². The average Bonchev–Trinajstić information content (AvgIpc) is 2.44. The van der Waals surface area contributed by atoms with E-state index in [1.165, 1.54) is 0 Å². The Morgan fingerprint density at radius 2 is 2.12 bits per heavy atom. The third kappa shape index (κ3) is 2.17. The molecule has 1 N–H and O–H groups in total. The molecule has 1 amide bonds. The van der Waals surface area contributed by atoms with Crippen LogP contribution >= 0.6 is 0 Å². The Bertz CT molecular complexity index is 290. The van der Waals surface area contributed by atoms with E-state index >= 15 is 0 Å². The molecule has 0 aromatic carbocycles. The molecule has 0 aromatic heterocycles. The Balaban J connectivity index is 2.09. The smallest absolute Gasteiger partial charge is 0.410 e. The molecule has 0 bridgehead atoms. The molecule has 0 spiro atoms. The predicted molar refractivity (Wildman–Crippen MR) is 60.1 cm³/mol. The van der Waals surface area contributed by atoms with E-state index in [1.54, 1.807) is 4.90 Å². The Hall–Kier alpha value is -0.770. The maximum absolute atomic E-state index is 11.8. The highest BCUT2D eigenvalue weighted by molar-refractivity contribution is 5.71. The molecule has 1 aliphatic heterocycles. The molecule has 3 atom stereocenters. The molecule has 92 valence electrons. The molecule has 1 aliphatic carbocycles. The Morgan fingerprint density at radius 1 is 1.44 bits per heavy atom. The van der Waals surface area contributed by atoms with E-state index in [1.807, 2.05) is 13.8 Å². The van der Waals surface area contributed by atoms with Crippen molar-refractivity contribution >= 4 is 6.09 Å². The van der Waals surface area contributed by atoms with Crippen LogP contribution in [-0.2, 0) is 4.74 Å². The van der Waals surface area contributed by atoms with E-state index in [9.17, 15) is 9.90 Å². The lowest BCUT2D eigenvalue weighted by Gasteiger charge is -2.37. The molecule has 4 nitrogen and oxygen atoms in total. The van der Waals surface area contributed by atoms with Gasteiger partial charge in [-0.25, -0.2) is 4.79 Å². The van der Waals surface area contributed by atoms with Gasteiger partial charge in [0.05, 0.1) is 12.6 Å². The first-order valence-corrected chi connectivity index (χ1v) is 6.07. The van der Waals surface area contributed by atoms with E-state index in [4.69, 9.17) is 4.74 Å². The van der Waals surface area contributed by atoms with Gasteiger partial charge in [0.2, 0.25) is 0 Å². The van der Waals surface area contributed by atoms with E-state index < -0.39 is 0 Å². The minimum Gasteiger partial charge on any atom is -0.441 e. The standard InChI is InChI=1S/C12H21NO3/c1-8-4-5-9(14)6-10(8)13-7-12(2,3)16-11(13)15/h8-10,14H,4-7H2,1-3H3. The maximum Gasteiger partial charge on any atom is 0.410 e. The largest absolute Gasteiger partial charge is 0.441 e. The summed E-state index contributed by atoms with van der Waals surface area (Å²) < 4.78 is 5.30. The molecule has 2 fully saturated rings.